The average Bonchev–Trinajstić information content (AvgIpc) is 2.11. The molecule has 0 fully saturated rings. The smallest absolute Gasteiger partial charge is 0.211 e. The molecule has 0 aliphatic heterocycles. The second-order valence-corrected chi connectivity index (χ2v) is 5.96. The van der Waals surface area contributed by atoms with E-state index in [4.69, 9.17) is 0 Å². The molecule has 1 rings (SSSR count). The third-order valence-corrected chi connectivity index (χ3v) is 4.62. The monoisotopic (exact) mass is 291 g/mol. The Bertz CT molecular complexity index is 469. The first-order valence-electron chi connectivity index (χ1n) is 4.65. The van der Waals surface area contributed by atoms with Gasteiger partial charge in [-0.05, 0) is 37.1 Å². The second-order valence-electron chi connectivity index (χ2n) is 3.37. The summed E-state index contributed by atoms with van der Waals surface area (Å²) in [5.74, 6) is 0. The van der Waals surface area contributed by atoms with Gasteiger partial charge in [-0.15, -0.1) is 0 Å². The fraction of sp³-hybridized carbons (Fsp3) is 0.400. The van der Waals surface area contributed by atoms with E-state index >= 15 is 0 Å². The second kappa shape index (κ2) is 4.63. The van der Waals surface area contributed by atoms with Gasteiger partial charge in [-0.1, -0.05) is 22.9 Å². The molecule has 3 nitrogen and oxygen atoms in total. The van der Waals surface area contributed by atoms with Gasteiger partial charge in [-0.3, -0.25) is 0 Å². The zero-order valence-electron chi connectivity index (χ0n) is 8.96. The Morgan fingerprint density at radius 2 is 1.87 bits per heavy atom. The van der Waals surface area contributed by atoms with E-state index in [1.165, 1.54) is 0 Å². The van der Waals surface area contributed by atoms with Crippen molar-refractivity contribution < 1.29 is 8.42 Å². The molecule has 0 bridgehead atoms. The van der Waals surface area contributed by atoms with Crippen molar-refractivity contribution in [1.29, 1.82) is 0 Å². The number of nitrogens with one attached hydrogen (secondary N) is 1. The molecule has 1 aromatic carbocycles. The van der Waals surface area contributed by atoms with E-state index in [1.54, 1.807) is 19.9 Å². The van der Waals surface area contributed by atoms with Gasteiger partial charge in [0.25, 0.3) is 0 Å². The summed E-state index contributed by atoms with van der Waals surface area (Å²) >= 11 is 3.37. The van der Waals surface area contributed by atoms with Crippen LogP contribution in [0.4, 0.5) is 0 Å². The first-order valence-corrected chi connectivity index (χ1v) is 6.92. The molecule has 1 N–H and O–H groups in total. The Morgan fingerprint density at radius 3 is 2.40 bits per heavy atom. The molecule has 0 aliphatic carbocycles. The maximum atomic E-state index is 11.8. The van der Waals surface area contributed by atoms with Gasteiger partial charge in [0, 0.05) is 11.0 Å². The van der Waals surface area contributed by atoms with E-state index in [0.717, 1.165) is 15.6 Å². The van der Waals surface area contributed by atoms with E-state index in [9.17, 15) is 8.42 Å². The molecule has 0 heterocycles. The molecule has 0 aromatic heterocycles. The van der Waals surface area contributed by atoms with Crippen molar-refractivity contribution in [3.8, 4) is 0 Å². The lowest BCUT2D eigenvalue weighted by Gasteiger charge is -2.09. The Labute approximate surface area is 99.1 Å². The Balaban J connectivity index is 3.33. The minimum atomic E-state index is -3.35. The quantitative estimate of drug-likeness (QED) is 0.929. The summed E-state index contributed by atoms with van der Waals surface area (Å²) in [6.07, 6.45) is 0. The Hall–Kier alpha value is -0.390. The van der Waals surface area contributed by atoms with Crippen molar-refractivity contribution in [2.75, 3.05) is 6.54 Å². The minimum Gasteiger partial charge on any atom is -0.211 e. The molecule has 5 heteroatoms. The van der Waals surface area contributed by atoms with E-state index in [-0.39, 0.29) is 0 Å². The lowest BCUT2D eigenvalue weighted by Crippen LogP contribution is -2.24. The number of benzene rings is 1. The first-order chi connectivity index (χ1) is 6.88. The Morgan fingerprint density at radius 1 is 1.27 bits per heavy atom. The highest BCUT2D eigenvalue weighted by Crippen LogP contribution is 2.23. The zero-order valence-corrected chi connectivity index (χ0v) is 11.4. The van der Waals surface area contributed by atoms with Crippen LogP contribution in [0.15, 0.2) is 21.5 Å². The molecule has 0 radical (unpaired) electrons. The summed E-state index contributed by atoms with van der Waals surface area (Å²) in [7, 11) is -3.35. The van der Waals surface area contributed by atoms with Crippen LogP contribution in [0.25, 0.3) is 0 Å². The van der Waals surface area contributed by atoms with Gasteiger partial charge >= 0.3 is 0 Å². The van der Waals surface area contributed by atoms with E-state index < -0.39 is 10.0 Å². The number of sulfonamides is 1. The van der Waals surface area contributed by atoms with Crippen LogP contribution in [0, 0.1) is 13.8 Å². The van der Waals surface area contributed by atoms with Crippen molar-refractivity contribution in [2.45, 2.75) is 25.7 Å². The lowest BCUT2D eigenvalue weighted by atomic mass is 10.2. The molecule has 0 saturated carbocycles. The van der Waals surface area contributed by atoms with Gasteiger partial charge in [0.05, 0.1) is 4.90 Å². The number of halogens is 1. The molecule has 0 amide bonds. The lowest BCUT2D eigenvalue weighted by molar-refractivity contribution is 0.583. The van der Waals surface area contributed by atoms with E-state index in [2.05, 4.69) is 20.7 Å². The number of hydrogen-bond acceptors (Lipinski definition) is 2. The summed E-state index contributed by atoms with van der Waals surface area (Å²) in [6, 6.07) is 3.50. The fourth-order valence-electron chi connectivity index (χ4n) is 1.31. The largest absolute Gasteiger partial charge is 0.240 e. The SMILES string of the molecule is CCNS(=O)(=O)c1cc(C)c(Br)cc1C. The van der Waals surface area contributed by atoms with Gasteiger partial charge in [-0.2, -0.15) is 0 Å². The van der Waals surface area contributed by atoms with Crippen LogP contribution >= 0.6 is 15.9 Å². The highest BCUT2D eigenvalue weighted by Gasteiger charge is 2.16. The predicted molar refractivity (Wildman–Crippen MR) is 64.5 cm³/mol. The van der Waals surface area contributed by atoms with Crippen LogP contribution < -0.4 is 4.72 Å². The topological polar surface area (TPSA) is 46.2 Å². The molecular formula is C10H14BrNO2S. The van der Waals surface area contributed by atoms with Crippen LogP contribution in [0.3, 0.4) is 0 Å². The minimum absolute atomic E-state index is 0.352. The van der Waals surface area contributed by atoms with E-state index in [1.807, 2.05) is 13.0 Å². The highest BCUT2D eigenvalue weighted by molar-refractivity contribution is 9.10. The normalized spacial score (nSPS) is 11.7. The van der Waals surface area contributed by atoms with Crippen molar-refractivity contribution in [3.05, 3.63) is 27.7 Å². The summed E-state index contributed by atoms with van der Waals surface area (Å²) in [5.41, 5.74) is 1.66. The summed E-state index contributed by atoms with van der Waals surface area (Å²) in [5, 5.41) is 0. The summed E-state index contributed by atoms with van der Waals surface area (Å²) in [4.78, 5) is 0.352. The van der Waals surface area contributed by atoms with E-state index in [0.29, 0.717) is 11.4 Å². The van der Waals surface area contributed by atoms with Gasteiger partial charge in [0.15, 0.2) is 0 Å². The van der Waals surface area contributed by atoms with Gasteiger partial charge < -0.3 is 0 Å². The molecular weight excluding hydrogens is 278 g/mol. The molecule has 0 aliphatic rings. The molecule has 0 spiro atoms. The van der Waals surface area contributed by atoms with Gasteiger partial charge in [-0.25, -0.2) is 13.1 Å². The molecule has 0 atom stereocenters. The van der Waals surface area contributed by atoms with Crippen molar-refractivity contribution in [1.82, 2.24) is 4.72 Å². The van der Waals surface area contributed by atoms with Crippen molar-refractivity contribution in [3.63, 3.8) is 0 Å². The summed E-state index contributed by atoms with van der Waals surface area (Å²) < 4.78 is 27.0. The van der Waals surface area contributed by atoms with Crippen LogP contribution in [0.5, 0.6) is 0 Å². The van der Waals surface area contributed by atoms with Crippen LogP contribution in [-0.4, -0.2) is 15.0 Å². The molecule has 0 unspecified atom stereocenters. The van der Waals surface area contributed by atoms with Gasteiger partial charge in [0.2, 0.25) is 10.0 Å². The van der Waals surface area contributed by atoms with Crippen LogP contribution in [-0.2, 0) is 10.0 Å². The third-order valence-electron chi connectivity index (χ3n) is 2.08. The summed E-state index contributed by atoms with van der Waals surface area (Å²) in [6.45, 7) is 5.82. The third kappa shape index (κ3) is 2.80. The highest BCUT2D eigenvalue weighted by atomic mass is 79.9. The maximum Gasteiger partial charge on any atom is 0.240 e. The van der Waals surface area contributed by atoms with Crippen molar-refractivity contribution in [2.24, 2.45) is 0 Å². The van der Waals surface area contributed by atoms with Crippen LogP contribution in [0.1, 0.15) is 18.1 Å². The maximum absolute atomic E-state index is 11.8. The standard InChI is InChI=1S/C10H14BrNO2S/c1-4-12-15(13,14)10-6-7(2)9(11)5-8(10)3/h5-6,12H,4H2,1-3H3. The number of aryl methyl sites for hydroxylation is 2. The fourth-order valence-corrected chi connectivity index (χ4v) is 3.12. The average molecular weight is 292 g/mol. The molecule has 15 heavy (non-hydrogen) atoms. The van der Waals surface area contributed by atoms with Crippen molar-refractivity contribution >= 4 is 26.0 Å². The van der Waals surface area contributed by atoms with Gasteiger partial charge in [0.1, 0.15) is 0 Å². The number of hydrogen-bond donors (Lipinski definition) is 1. The first kappa shape index (κ1) is 12.7. The number of rotatable bonds is 3. The molecule has 1 aromatic rings. The molecule has 0 saturated heterocycles. The van der Waals surface area contributed by atoms with Crippen LogP contribution in [0.2, 0.25) is 0 Å². The predicted octanol–water partition coefficient (Wildman–Crippen LogP) is 2.36. The molecule has 84 valence electrons. The Kier molecular flexibility index (Phi) is 3.92. The zero-order chi connectivity index (χ0) is 11.6.